The molecule has 0 aliphatic heterocycles. The Balaban J connectivity index is 1.72. The van der Waals surface area contributed by atoms with Gasteiger partial charge in [-0.1, -0.05) is 46.2 Å². The Labute approximate surface area is 251 Å². The number of carboxylic acid groups (broad SMARTS) is 1. The summed E-state index contributed by atoms with van der Waals surface area (Å²) >= 11 is 0. The van der Waals surface area contributed by atoms with Gasteiger partial charge in [-0.05, 0) is 85.4 Å². The van der Waals surface area contributed by atoms with Gasteiger partial charge in [-0.15, -0.1) is 0 Å². The van der Waals surface area contributed by atoms with Gasteiger partial charge in [0.2, 0.25) is 0 Å². The fourth-order valence-electron chi connectivity index (χ4n) is 5.24. The molecule has 0 radical (unpaired) electrons. The van der Waals surface area contributed by atoms with Crippen molar-refractivity contribution in [2.24, 2.45) is 11.3 Å². The first-order valence-corrected chi connectivity index (χ1v) is 16.0. The molecule has 1 fully saturated rings. The van der Waals surface area contributed by atoms with Gasteiger partial charge < -0.3 is 25.7 Å². The summed E-state index contributed by atoms with van der Waals surface area (Å²) in [4.78, 5) is 39.4. The van der Waals surface area contributed by atoms with Crippen molar-refractivity contribution >= 4 is 34.4 Å². The molecule has 2 aromatic carbocycles. The second-order valence-corrected chi connectivity index (χ2v) is 13.7. The van der Waals surface area contributed by atoms with Crippen LogP contribution >= 0.6 is 0 Å². The molecule has 0 aromatic heterocycles. The second kappa shape index (κ2) is 15.3. The number of carbonyl (C=O) groups excluding carboxylic acids is 2. The maximum atomic E-state index is 13.7. The van der Waals surface area contributed by atoms with E-state index in [0.717, 1.165) is 49.0 Å². The van der Waals surface area contributed by atoms with E-state index in [0.29, 0.717) is 29.5 Å². The van der Waals surface area contributed by atoms with Crippen molar-refractivity contribution in [2.75, 3.05) is 17.6 Å². The molecule has 1 aliphatic rings. The summed E-state index contributed by atoms with van der Waals surface area (Å²) < 4.78 is 12.5. The minimum Gasteiger partial charge on any atom is -0.479 e. The largest absolute Gasteiger partial charge is 0.479 e. The van der Waals surface area contributed by atoms with E-state index in [-0.39, 0.29) is 17.5 Å². The average Bonchev–Trinajstić information content (AvgIpc) is 2.97. The van der Waals surface area contributed by atoms with Gasteiger partial charge in [0.1, 0.15) is 0 Å². The van der Waals surface area contributed by atoms with Gasteiger partial charge >= 0.3 is 12.0 Å². The number of aliphatic hydroxyl groups excluding tert-OH is 1. The van der Waals surface area contributed by atoms with Crippen molar-refractivity contribution in [2.45, 2.75) is 89.8 Å². The van der Waals surface area contributed by atoms with Crippen LogP contribution in [0.5, 0.6) is 0 Å². The summed E-state index contributed by atoms with van der Waals surface area (Å²) in [5.74, 6) is -0.676. The third-order valence-electron chi connectivity index (χ3n) is 7.98. The predicted octanol–water partition coefficient (Wildman–Crippen LogP) is 5.41. The number of hydrogen-bond donors (Lipinski definition) is 4. The number of nitrogens with zero attached hydrogens (tertiary/aromatic N) is 1. The highest BCUT2D eigenvalue weighted by atomic mass is 32.2. The molecule has 2 aromatic rings. The number of urea groups is 1. The van der Waals surface area contributed by atoms with Crippen LogP contribution in [0.1, 0.15) is 82.1 Å². The molecule has 230 valence electrons. The van der Waals surface area contributed by atoms with E-state index in [1.54, 1.807) is 48.5 Å². The van der Waals surface area contributed by atoms with Crippen molar-refractivity contribution in [3.8, 4) is 0 Å². The number of carbonyl (C=O) groups is 3. The van der Waals surface area contributed by atoms with Gasteiger partial charge in [-0.2, -0.15) is 0 Å². The fraction of sp³-hybridized carbons (Fsp3) is 0.531. The Morgan fingerprint density at radius 2 is 1.62 bits per heavy atom. The van der Waals surface area contributed by atoms with E-state index in [2.05, 4.69) is 38.3 Å². The highest BCUT2D eigenvalue weighted by molar-refractivity contribution is 7.85. The molecule has 0 spiro atoms. The smallest absolute Gasteiger partial charge is 0.334 e. The number of rotatable bonds is 12. The highest BCUT2D eigenvalue weighted by Gasteiger charge is 2.33. The van der Waals surface area contributed by atoms with Crippen molar-refractivity contribution in [3.05, 3.63) is 59.7 Å². The Kier molecular flexibility index (Phi) is 12.1. The topological polar surface area (TPSA) is 136 Å². The zero-order chi connectivity index (χ0) is 30.9. The molecule has 10 heteroatoms. The Morgan fingerprint density at radius 3 is 2.17 bits per heavy atom. The van der Waals surface area contributed by atoms with Crippen LogP contribution in [0.25, 0.3) is 0 Å². The molecule has 0 heterocycles. The van der Waals surface area contributed by atoms with Gasteiger partial charge in [-0.25, -0.2) is 9.59 Å². The molecule has 4 N–H and O–H groups in total. The third kappa shape index (κ3) is 9.66. The first-order chi connectivity index (χ1) is 19.9. The van der Waals surface area contributed by atoms with Gasteiger partial charge in [0.15, 0.2) is 6.10 Å². The molecule has 1 saturated carbocycles. The minimum absolute atomic E-state index is 0.0601. The molecule has 2 atom stereocenters. The first-order valence-electron chi connectivity index (χ1n) is 14.7. The van der Waals surface area contributed by atoms with Crippen LogP contribution in [-0.4, -0.2) is 61.7 Å². The maximum Gasteiger partial charge on any atom is 0.334 e. The van der Waals surface area contributed by atoms with Crippen molar-refractivity contribution in [1.29, 1.82) is 0 Å². The number of unbranched alkanes of at least 4 members (excludes halogenated alkanes) is 1. The zero-order valence-electron chi connectivity index (χ0n) is 25.1. The Morgan fingerprint density at radius 1 is 1.00 bits per heavy atom. The molecule has 42 heavy (non-hydrogen) atoms. The SMILES string of the molecule is CCCCS(=O)c1ccc(NC(=O)N(Cc2ccc(C(=O)NCC(O)C(=O)O)cc2)C2CCC(C(C)(C)C)CC2)cc1. The molecule has 3 amide bonds. The van der Waals surface area contributed by atoms with E-state index in [9.17, 15) is 23.7 Å². The van der Waals surface area contributed by atoms with Crippen LogP contribution in [0.2, 0.25) is 0 Å². The summed E-state index contributed by atoms with van der Waals surface area (Å²) in [6, 6.07) is 13.9. The van der Waals surface area contributed by atoms with Crippen LogP contribution in [0.3, 0.4) is 0 Å². The molecule has 1 aliphatic carbocycles. The standard InChI is InChI=1S/C32H45N3O6S/c1-5-6-19-42(41)27-17-13-25(14-18-27)34-31(40)35(26-15-11-24(12-16-26)32(2,3)4)21-22-7-9-23(10-8-22)29(37)33-20-28(36)30(38)39/h7-10,13-14,17-18,24,26,28,36H,5-6,11-12,15-16,19-21H2,1-4H3,(H,33,37)(H,34,40)(H,38,39). The van der Waals surface area contributed by atoms with Crippen LogP contribution in [0, 0.1) is 11.3 Å². The molecule has 0 bridgehead atoms. The van der Waals surface area contributed by atoms with E-state index >= 15 is 0 Å². The number of anilines is 1. The lowest BCUT2D eigenvalue weighted by Gasteiger charge is -2.41. The van der Waals surface area contributed by atoms with E-state index in [4.69, 9.17) is 5.11 Å². The van der Waals surface area contributed by atoms with E-state index < -0.39 is 35.3 Å². The Hall–Kier alpha value is -3.24. The van der Waals surface area contributed by atoms with E-state index in [1.807, 2.05) is 4.90 Å². The summed E-state index contributed by atoms with van der Waals surface area (Å²) in [7, 11) is -1.06. The van der Waals surface area contributed by atoms with Crippen molar-refractivity contribution < 1.29 is 28.8 Å². The number of nitrogens with one attached hydrogen (secondary N) is 2. The molecule has 0 saturated heterocycles. The maximum absolute atomic E-state index is 13.7. The lowest BCUT2D eigenvalue weighted by atomic mass is 9.71. The third-order valence-corrected chi connectivity index (χ3v) is 9.44. The molecule has 9 nitrogen and oxygen atoms in total. The average molecular weight is 600 g/mol. The number of aliphatic carboxylic acids is 1. The van der Waals surface area contributed by atoms with Crippen LogP contribution in [0.15, 0.2) is 53.4 Å². The second-order valence-electron chi connectivity index (χ2n) is 12.1. The monoisotopic (exact) mass is 599 g/mol. The number of hydrogen-bond acceptors (Lipinski definition) is 5. The molecule has 3 rings (SSSR count). The lowest BCUT2D eigenvalue weighted by molar-refractivity contribution is -0.146. The minimum atomic E-state index is -1.67. The van der Waals surface area contributed by atoms with Crippen LogP contribution < -0.4 is 10.6 Å². The number of benzene rings is 2. The van der Waals surface area contributed by atoms with Crippen molar-refractivity contribution in [3.63, 3.8) is 0 Å². The Bertz CT molecular complexity index is 1220. The normalized spacial score (nSPS) is 18.5. The number of carboxylic acids is 1. The van der Waals surface area contributed by atoms with Crippen LogP contribution in [0.4, 0.5) is 10.5 Å². The highest BCUT2D eigenvalue weighted by Crippen LogP contribution is 2.39. The zero-order valence-corrected chi connectivity index (χ0v) is 25.9. The first kappa shape index (κ1) is 33.3. The lowest BCUT2D eigenvalue weighted by Crippen LogP contribution is -2.45. The fourth-order valence-corrected chi connectivity index (χ4v) is 6.46. The van der Waals surface area contributed by atoms with Gasteiger partial charge in [0.25, 0.3) is 5.91 Å². The molecular weight excluding hydrogens is 554 g/mol. The summed E-state index contributed by atoms with van der Waals surface area (Å²) in [6.45, 7) is 8.83. The molecular formula is C32H45N3O6S. The van der Waals surface area contributed by atoms with E-state index in [1.165, 1.54) is 0 Å². The van der Waals surface area contributed by atoms with Crippen molar-refractivity contribution in [1.82, 2.24) is 10.2 Å². The van der Waals surface area contributed by atoms with Gasteiger partial charge in [-0.3, -0.25) is 9.00 Å². The van der Waals surface area contributed by atoms with Crippen LogP contribution in [-0.2, 0) is 22.1 Å². The predicted molar refractivity (Wildman–Crippen MR) is 165 cm³/mol. The number of amides is 3. The number of aliphatic hydroxyl groups is 1. The summed E-state index contributed by atoms with van der Waals surface area (Å²) in [5.41, 5.74) is 2.04. The molecule has 2 unspecified atom stereocenters. The van der Waals surface area contributed by atoms with Gasteiger partial charge in [0.05, 0.1) is 17.3 Å². The summed E-state index contributed by atoms with van der Waals surface area (Å²) in [5, 5.41) is 23.6. The van der Waals surface area contributed by atoms with Gasteiger partial charge in [0, 0.05) is 34.5 Å². The quantitative estimate of drug-likeness (QED) is 0.258. The summed E-state index contributed by atoms with van der Waals surface area (Å²) in [6.07, 6.45) is 4.09.